The quantitative estimate of drug-likeness (QED) is 0.549. The molecule has 4 rings (SSSR count). The van der Waals surface area contributed by atoms with Gasteiger partial charge in [-0.1, -0.05) is 35.9 Å². The molecule has 0 bridgehead atoms. The summed E-state index contributed by atoms with van der Waals surface area (Å²) in [4.78, 5) is 4.51. The molecule has 5 nitrogen and oxygen atoms in total. The lowest BCUT2D eigenvalue weighted by molar-refractivity contribution is 0.289. The van der Waals surface area contributed by atoms with E-state index in [9.17, 15) is 4.39 Å². The van der Waals surface area contributed by atoms with Crippen molar-refractivity contribution in [3.63, 3.8) is 0 Å². The van der Waals surface area contributed by atoms with Crippen molar-refractivity contribution in [2.24, 2.45) is 5.73 Å². The lowest BCUT2D eigenvalue weighted by atomic mass is 9.78. The van der Waals surface area contributed by atoms with Crippen molar-refractivity contribution >= 4 is 11.6 Å². The molecule has 1 aliphatic rings. The minimum Gasteiger partial charge on any atom is -0.495 e. The summed E-state index contributed by atoms with van der Waals surface area (Å²) in [5.41, 5.74) is 9.18. The first kappa shape index (κ1) is 20.6. The largest absolute Gasteiger partial charge is 0.495 e. The van der Waals surface area contributed by atoms with Crippen molar-refractivity contribution in [2.45, 2.75) is 18.1 Å². The molecular weight excluding hydrogens is 405 g/mol. The third-order valence-electron chi connectivity index (χ3n) is 5.31. The highest BCUT2D eigenvalue weighted by molar-refractivity contribution is 6.32. The Morgan fingerprint density at radius 3 is 2.77 bits per heavy atom. The van der Waals surface area contributed by atoms with Gasteiger partial charge in [0.1, 0.15) is 17.7 Å². The monoisotopic (exact) mass is 427 g/mol. The van der Waals surface area contributed by atoms with E-state index in [0.717, 1.165) is 22.4 Å². The third-order valence-corrected chi connectivity index (χ3v) is 5.60. The number of hydrogen-bond acceptors (Lipinski definition) is 5. The maximum absolute atomic E-state index is 12.5. The molecule has 7 heteroatoms. The van der Waals surface area contributed by atoms with Crippen LogP contribution in [0.5, 0.6) is 11.5 Å². The first-order valence-corrected chi connectivity index (χ1v) is 10.1. The molecule has 2 unspecified atom stereocenters. The first-order chi connectivity index (χ1) is 14.6. The number of nitrogens with one attached hydrogen (secondary N) is 1. The van der Waals surface area contributed by atoms with Crippen LogP contribution in [0.3, 0.4) is 0 Å². The molecule has 0 saturated carbocycles. The van der Waals surface area contributed by atoms with Gasteiger partial charge in [0.2, 0.25) is 0 Å². The van der Waals surface area contributed by atoms with Crippen LogP contribution in [0.25, 0.3) is 0 Å². The number of pyridine rings is 1. The van der Waals surface area contributed by atoms with Crippen LogP contribution in [0.15, 0.2) is 60.8 Å². The smallest absolute Gasteiger partial charge is 0.137 e. The molecule has 3 aromatic rings. The molecule has 1 aromatic heterocycles. The van der Waals surface area contributed by atoms with Gasteiger partial charge in [-0.05, 0) is 41.5 Å². The summed E-state index contributed by atoms with van der Waals surface area (Å²) < 4.78 is 23.5. The Morgan fingerprint density at radius 1 is 1.17 bits per heavy atom. The topological polar surface area (TPSA) is 69.4 Å². The number of nitrogens with two attached hydrogens (primary N) is 1. The summed E-state index contributed by atoms with van der Waals surface area (Å²) in [7, 11) is 1.58. The van der Waals surface area contributed by atoms with E-state index in [1.807, 2.05) is 54.6 Å². The fourth-order valence-electron chi connectivity index (χ4n) is 3.97. The molecule has 156 valence electrons. The molecule has 0 fully saturated rings. The molecule has 2 atom stereocenters. The number of alkyl halides is 1. The Hall–Kier alpha value is -2.67. The van der Waals surface area contributed by atoms with Gasteiger partial charge in [0.25, 0.3) is 0 Å². The Morgan fingerprint density at radius 2 is 2.00 bits per heavy atom. The van der Waals surface area contributed by atoms with Gasteiger partial charge in [0.15, 0.2) is 0 Å². The average Bonchev–Trinajstić information content (AvgIpc) is 3.08. The van der Waals surface area contributed by atoms with E-state index in [2.05, 4.69) is 10.3 Å². The number of methoxy groups -OCH3 is 1. The third kappa shape index (κ3) is 3.51. The number of ether oxygens (including phenoxy) is 2. The van der Waals surface area contributed by atoms with Crippen molar-refractivity contribution in [1.82, 2.24) is 10.3 Å². The number of rotatable bonds is 7. The van der Waals surface area contributed by atoms with E-state index in [0.29, 0.717) is 29.5 Å². The Balaban J connectivity index is 1.89. The molecule has 2 aromatic carbocycles. The summed E-state index contributed by atoms with van der Waals surface area (Å²) in [6.07, 6.45) is 1.62. The highest BCUT2D eigenvalue weighted by Gasteiger charge is 2.46. The zero-order chi connectivity index (χ0) is 21.1. The first-order valence-electron chi connectivity index (χ1n) is 9.72. The Labute approximate surface area is 180 Å². The van der Waals surface area contributed by atoms with Gasteiger partial charge in [-0.25, -0.2) is 0 Å². The van der Waals surface area contributed by atoms with Gasteiger partial charge >= 0.3 is 0 Å². The van der Waals surface area contributed by atoms with Crippen molar-refractivity contribution < 1.29 is 13.9 Å². The lowest BCUT2D eigenvalue weighted by Crippen LogP contribution is -2.42. The summed E-state index contributed by atoms with van der Waals surface area (Å²) in [5, 5.41) is 4.02. The van der Waals surface area contributed by atoms with E-state index in [1.54, 1.807) is 13.3 Å². The standard InChI is InChI=1S/C23H23ClFN3O2/c1-29-20-9-8-16(14-19(20)24)23(18-7-3-11-27-21(18)22(26)28-23)15-5-2-6-17(13-15)30-12-4-10-25/h2-3,5-9,11,13-14,22,28H,4,10,12,26H2,1H3. The second kappa shape index (κ2) is 8.60. The summed E-state index contributed by atoms with van der Waals surface area (Å²) in [6, 6.07) is 17.3. The zero-order valence-corrected chi connectivity index (χ0v) is 17.3. The minimum absolute atomic E-state index is 0.312. The van der Waals surface area contributed by atoms with Crippen LogP contribution < -0.4 is 20.5 Å². The average molecular weight is 428 g/mol. The molecule has 0 spiro atoms. The van der Waals surface area contributed by atoms with Gasteiger partial charge in [0.05, 0.1) is 36.6 Å². The highest BCUT2D eigenvalue weighted by Crippen LogP contribution is 2.46. The SMILES string of the molecule is COc1ccc(C2(c3cccc(OCCCF)c3)NC(N)c3ncccc32)cc1Cl. The molecule has 3 N–H and O–H groups in total. The fourth-order valence-corrected chi connectivity index (χ4v) is 4.23. The van der Waals surface area contributed by atoms with Crippen molar-refractivity contribution in [3.05, 3.63) is 88.2 Å². The number of aromatic nitrogens is 1. The second-order valence-electron chi connectivity index (χ2n) is 7.08. The molecular formula is C23H23ClFN3O2. The Bertz CT molecular complexity index is 1050. The fraction of sp³-hybridized carbons (Fsp3) is 0.261. The van der Waals surface area contributed by atoms with Crippen LogP contribution in [0, 0.1) is 0 Å². The van der Waals surface area contributed by atoms with Crippen LogP contribution in [0.2, 0.25) is 5.02 Å². The van der Waals surface area contributed by atoms with Crippen LogP contribution >= 0.6 is 11.6 Å². The molecule has 0 aliphatic carbocycles. The number of fused-ring (bicyclic) bond motifs is 1. The molecule has 2 heterocycles. The predicted molar refractivity (Wildman–Crippen MR) is 115 cm³/mol. The molecule has 0 amide bonds. The molecule has 30 heavy (non-hydrogen) atoms. The number of nitrogens with zero attached hydrogens (tertiary/aromatic N) is 1. The number of benzene rings is 2. The normalized spacial score (nSPS) is 20.1. The maximum atomic E-state index is 12.5. The summed E-state index contributed by atoms with van der Waals surface area (Å²) in [5.74, 6) is 1.25. The van der Waals surface area contributed by atoms with E-state index < -0.39 is 18.4 Å². The number of hydrogen-bond donors (Lipinski definition) is 2. The molecule has 0 radical (unpaired) electrons. The van der Waals surface area contributed by atoms with E-state index in [4.69, 9.17) is 26.8 Å². The molecule has 1 aliphatic heterocycles. The number of halogens is 2. The minimum atomic E-state index is -0.779. The van der Waals surface area contributed by atoms with E-state index >= 15 is 0 Å². The van der Waals surface area contributed by atoms with Crippen molar-refractivity contribution in [2.75, 3.05) is 20.4 Å². The molecule has 0 saturated heterocycles. The van der Waals surface area contributed by atoms with Crippen LogP contribution in [-0.4, -0.2) is 25.4 Å². The van der Waals surface area contributed by atoms with Crippen LogP contribution in [-0.2, 0) is 5.54 Å². The summed E-state index contributed by atoms with van der Waals surface area (Å²) in [6.45, 7) is -0.101. The van der Waals surface area contributed by atoms with Gasteiger partial charge in [-0.2, -0.15) is 0 Å². The lowest BCUT2D eigenvalue weighted by Gasteiger charge is -2.33. The highest BCUT2D eigenvalue weighted by atomic mass is 35.5. The maximum Gasteiger partial charge on any atom is 0.137 e. The van der Waals surface area contributed by atoms with E-state index in [1.165, 1.54) is 0 Å². The predicted octanol–water partition coefficient (Wildman–Crippen LogP) is 4.33. The van der Waals surface area contributed by atoms with Gasteiger partial charge in [-0.15, -0.1) is 0 Å². The summed E-state index contributed by atoms with van der Waals surface area (Å²) >= 11 is 6.48. The van der Waals surface area contributed by atoms with Gasteiger partial charge in [0, 0.05) is 18.2 Å². The second-order valence-corrected chi connectivity index (χ2v) is 7.48. The van der Waals surface area contributed by atoms with Crippen LogP contribution in [0.1, 0.15) is 35.0 Å². The van der Waals surface area contributed by atoms with Crippen molar-refractivity contribution in [3.8, 4) is 11.5 Å². The van der Waals surface area contributed by atoms with Crippen LogP contribution in [0.4, 0.5) is 4.39 Å². The van der Waals surface area contributed by atoms with E-state index in [-0.39, 0.29) is 0 Å². The Kier molecular flexibility index (Phi) is 5.90. The van der Waals surface area contributed by atoms with Crippen molar-refractivity contribution in [1.29, 1.82) is 0 Å². The zero-order valence-electron chi connectivity index (χ0n) is 16.6. The van der Waals surface area contributed by atoms with Gasteiger partial charge in [-0.3, -0.25) is 14.7 Å². The van der Waals surface area contributed by atoms with Gasteiger partial charge < -0.3 is 15.2 Å².